The van der Waals surface area contributed by atoms with E-state index in [4.69, 9.17) is 5.14 Å². The molecule has 0 saturated carbocycles. The summed E-state index contributed by atoms with van der Waals surface area (Å²) in [6.45, 7) is 1.39. The van der Waals surface area contributed by atoms with Crippen LogP contribution in [0.4, 0.5) is 5.69 Å². The molecule has 1 aromatic carbocycles. The summed E-state index contributed by atoms with van der Waals surface area (Å²) in [7, 11) is 0. The summed E-state index contributed by atoms with van der Waals surface area (Å²) in [6, 6.07) is 6.73. The molecule has 1 rings (SSSR count). The van der Waals surface area contributed by atoms with Crippen LogP contribution >= 0.6 is 11.9 Å². The first kappa shape index (κ1) is 10.7. The van der Waals surface area contributed by atoms with Gasteiger partial charge in [0.15, 0.2) is 0 Å². The van der Waals surface area contributed by atoms with Crippen LogP contribution in [0.2, 0.25) is 0 Å². The predicted molar refractivity (Wildman–Crippen MR) is 56.9 cm³/mol. The van der Waals surface area contributed by atoms with Crippen LogP contribution in [0.25, 0.3) is 0 Å². The predicted octanol–water partition coefficient (Wildman–Crippen LogP) is 1.39. The van der Waals surface area contributed by atoms with Gasteiger partial charge in [-0.3, -0.25) is 14.7 Å². The monoisotopic (exact) mass is 210 g/mol. The number of hydrogen-bond acceptors (Lipinski definition) is 4. The van der Waals surface area contributed by atoms with Crippen LogP contribution in [0.3, 0.4) is 0 Å². The Morgan fingerprint density at radius 2 is 2.00 bits per heavy atom. The summed E-state index contributed by atoms with van der Waals surface area (Å²) >= 11 is 0.629. The molecule has 0 aromatic heterocycles. The number of nitrogens with two attached hydrogens (primary N) is 1. The van der Waals surface area contributed by atoms with Crippen LogP contribution in [0.5, 0.6) is 0 Å². The summed E-state index contributed by atoms with van der Waals surface area (Å²) in [5.74, 6) is -0.215. The van der Waals surface area contributed by atoms with Crippen molar-refractivity contribution in [2.24, 2.45) is 5.14 Å². The Balaban J connectivity index is 3.02. The summed E-state index contributed by atoms with van der Waals surface area (Å²) in [5, 5.41) is 7.45. The highest BCUT2D eigenvalue weighted by Crippen LogP contribution is 2.18. The number of hydrogen-bond donors (Lipinski definition) is 2. The third-order valence-electron chi connectivity index (χ3n) is 1.56. The van der Waals surface area contributed by atoms with Gasteiger partial charge in [0, 0.05) is 6.92 Å². The molecule has 5 heteroatoms. The SMILES string of the molecule is CC(=O)Nc1ccccc1C(=O)SN. The molecule has 1 aromatic rings. The van der Waals surface area contributed by atoms with Gasteiger partial charge < -0.3 is 5.32 Å². The molecule has 0 aliphatic heterocycles. The molecule has 0 heterocycles. The first-order valence-corrected chi connectivity index (χ1v) is 4.81. The summed E-state index contributed by atoms with van der Waals surface area (Å²) in [6.07, 6.45) is 0. The van der Waals surface area contributed by atoms with Crippen LogP contribution < -0.4 is 10.5 Å². The van der Waals surface area contributed by atoms with Gasteiger partial charge in [-0.05, 0) is 24.1 Å². The number of anilines is 1. The molecule has 0 unspecified atom stereocenters. The van der Waals surface area contributed by atoms with Crippen LogP contribution in [0.1, 0.15) is 17.3 Å². The van der Waals surface area contributed by atoms with E-state index in [2.05, 4.69) is 5.32 Å². The van der Waals surface area contributed by atoms with E-state index in [0.29, 0.717) is 23.2 Å². The number of amides is 1. The highest BCUT2D eigenvalue weighted by atomic mass is 32.2. The van der Waals surface area contributed by atoms with E-state index in [-0.39, 0.29) is 11.0 Å². The smallest absolute Gasteiger partial charge is 0.236 e. The maximum atomic E-state index is 11.3. The Hall–Kier alpha value is -1.33. The van der Waals surface area contributed by atoms with Crippen molar-refractivity contribution in [1.29, 1.82) is 0 Å². The number of benzene rings is 1. The molecule has 1 amide bonds. The van der Waals surface area contributed by atoms with Crippen molar-refractivity contribution in [3.63, 3.8) is 0 Å². The van der Waals surface area contributed by atoms with Crippen molar-refractivity contribution in [3.05, 3.63) is 29.8 Å². The molecule has 14 heavy (non-hydrogen) atoms. The number of nitrogens with one attached hydrogen (secondary N) is 1. The van der Waals surface area contributed by atoms with Gasteiger partial charge in [0.25, 0.3) is 0 Å². The fourth-order valence-electron chi connectivity index (χ4n) is 1.02. The Bertz CT molecular complexity index is 366. The lowest BCUT2D eigenvalue weighted by Crippen LogP contribution is -2.10. The van der Waals surface area contributed by atoms with Crippen molar-refractivity contribution in [1.82, 2.24) is 0 Å². The lowest BCUT2D eigenvalue weighted by atomic mass is 10.2. The van der Waals surface area contributed by atoms with Gasteiger partial charge in [-0.1, -0.05) is 12.1 Å². The van der Waals surface area contributed by atoms with Crippen LogP contribution in [-0.4, -0.2) is 11.0 Å². The van der Waals surface area contributed by atoms with E-state index >= 15 is 0 Å². The second kappa shape index (κ2) is 4.78. The lowest BCUT2D eigenvalue weighted by Gasteiger charge is -2.06. The minimum Gasteiger partial charge on any atom is -0.326 e. The molecule has 0 bridgehead atoms. The second-order valence-corrected chi connectivity index (χ2v) is 3.24. The first-order valence-electron chi connectivity index (χ1n) is 3.93. The number of carbonyl (C=O) groups excluding carboxylic acids is 2. The van der Waals surface area contributed by atoms with Gasteiger partial charge >= 0.3 is 0 Å². The lowest BCUT2D eigenvalue weighted by molar-refractivity contribution is -0.114. The van der Waals surface area contributed by atoms with Gasteiger partial charge in [0.1, 0.15) is 0 Å². The Morgan fingerprint density at radius 3 is 2.57 bits per heavy atom. The van der Waals surface area contributed by atoms with Crippen molar-refractivity contribution in [3.8, 4) is 0 Å². The molecule has 0 atom stereocenters. The third-order valence-corrected chi connectivity index (χ3v) is 2.00. The van der Waals surface area contributed by atoms with Crippen molar-refractivity contribution in [2.75, 3.05) is 5.32 Å². The molecule has 4 nitrogen and oxygen atoms in total. The first-order chi connectivity index (χ1) is 6.65. The molecule has 0 radical (unpaired) electrons. The largest absolute Gasteiger partial charge is 0.326 e. The minimum atomic E-state index is -0.269. The molecular weight excluding hydrogens is 200 g/mol. The average molecular weight is 210 g/mol. The van der Waals surface area contributed by atoms with Crippen LogP contribution in [0.15, 0.2) is 24.3 Å². The molecule has 0 spiro atoms. The van der Waals surface area contributed by atoms with Gasteiger partial charge in [-0.2, -0.15) is 0 Å². The fraction of sp³-hybridized carbons (Fsp3) is 0.111. The zero-order valence-electron chi connectivity index (χ0n) is 7.61. The Kier molecular flexibility index (Phi) is 3.67. The maximum absolute atomic E-state index is 11.3. The van der Waals surface area contributed by atoms with E-state index in [1.165, 1.54) is 6.92 Å². The second-order valence-electron chi connectivity index (χ2n) is 2.63. The standard InChI is InChI=1S/C9H10N2O2S/c1-6(12)11-8-5-3-2-4-7(8)9(13)14-10/h2-5H,10H2,1H3,(H,11,12). The molecule has 0 fully saturated rings. The van der Waals surface area contributed by atoms with Gasteiger partial charge in [-0.25, -0.2) is 0 Å². The van der Waals surface area contributed by atoms with Crippen molar-refractivity contribution < 1.29 is 9.59 Å². The van der Waals surface area contributed by atoms with E-state index in [9.17, 15) is 9.59 Å². The van der Waals surface area contributed by atoms with Gasteiger partial charge in [0.2, 0.25) is 11.0 Å². The Morgan fingerprint density at radius 1 is 1.36 bits per heavy atom. The molecule has 0 aliphatic carbocycles. The normalized spacial score (nSPS) is 9.57. The highest BCUT2D eigenvalue weighted by molar-refractivity contribution is 8.12. The van der Waals surface area contributed by atoms with Crippen LogP contribution in [0, 0.1) is 0 Å². The summed E-state index contributed by atoms with van der Waals surface area (Å²) < 4.78 is 0. The number of carbonyl (C=O) groups is 2. The molecule has 0 aliphatic rings. The molecular formula is C9H10N2O2S. The highest BCUT2D eigenvalue weighted by Gasteiger charge is 2.10. The van der Waals surface area contributed by atoms with E-state index in [1.807, 2.05) is 0 Å². The fourth-order valence-corrected chi connectivity index (χ4v) is 1.33. The van der Waals surface area contributed by atoms with Crippen molar-refractivity contribution in [2.45, 2.75) is 6.92 Å². The molecule has 3 N–H and O–H groups in total. The average Bonchev–Trinajstić information content (AvgIpc) is 2.16. The number of para-hydroxylation sites is 1. The zero-order chi connectivity index (χ0) is 10.6. The topological polar surface area (TPSA) is 72.2 Å². The maximum Gasteiger partial charge on any atom is 0.236 e. The number of rotatable bonds is 2. The zero-order valence-corrected chi connectivity index (χ0v) is 8.43. The van der Waals surface area contributed by atoms with Crippen LogP contribution in [-0.2, 0) is 4.79 Å². The third kappa shape index (κ3) is 2.58. The molecule has 0 saturated heterocycles. The summed E-state index contributed by atoms with van der Waals surface area (Å²) in [4.78, 5) is 22.1. The summed E-state index contributed by atoms with van der Waals surface area (Å²) in [5.41, 5.74) is 0.901. The van der Waals surface area contributed by atoms with Crippen molar-refractivity contribution >= 4 is 28.7 Å². The molecule has 74 valence electrons. The van der Waals surface area contributed by atoms with E-state index in [1.54, 1.807) is 24.3 Å². The van der Waals surface area contributed by atoms with E-state index in [0.717, 1.165) is 0 Å². The minimum absolute atomic E-state index is 0.215. The van der Waals surface area contributed by atoms with E-state index < -0.39 is 0 Å². The quantitative estimate of drug-likeness (QED) is 0.723. The Labute approximate surface area is 86.0 Å². The van der Waals surface area contributed by atoms with Gasteiger partial charge in [0.05, 0.1) is 11.3 Å². The van der Waals surface area contributed by atoms with Gasteiger partial charge in [-0.15, -0.1) is 0 Å².